The Balaban J connectivity index is 0.000000948. The average Bonchev–Trinajstić information content (AvgIpc) is 2.70. The third kappa shape index (κ3) is 3.88. The second kappa shape index (κ2) is 8.31. The van der Waals surface area contributed by atoms with Crippen molar-refractivity contribution in [3.05, 3.63) is 57.4 Å². The lowest BCUT2D eigenvalue weighted by Gasteiger charge is -2.35. The van der Waals surface area contributed by atoms with Crippen molar-refractivity contribution in [2.75, 3.05) is 36.0 Å². The zero-order valence-electron chi connectivity index (χ0n) is 14.9. The van der Waals surface area contributed by atoms with E-state index < -0.39 is 0 Å². The topological polar surface area (TPSA) is 65.1 Å². The minimum atomic E-state index is -0.0902. The van der Waals surface area contributed by atoms with Crippen LogP contribution >= 0.6 is 15.9 Å². The number of para-hydroxylation sites is 1. The van der Waals surface area contributed by atoms with Gasteiger partial charge in [0.25, 0.3) is 5.56 Å². The van der Waals surface area contributed by atoms with E-state index in [2.05, 4.69) is 40.7 Å². The van der Waals surface area contributed by atoms with Gasteiger partial charge in [0.2, 0.25) is 5.95 Å². The van der Waals surface area contributed by atoms with E-state index in [1.54, 1.807) is 6.07 Å². The van der Waals surface area contributed by atoms with E-state index in [-0.39, 0.29) is 5.56 Å². The number of halogens is 1. The molecule has 26 heavy (non-hydrogen) atoms. The fourth-order valence-corrected chi connectivity index (χ4v) is 3.16. The zero-order chi connectivity index (χ0) is 18.5. The van der Waals surface area contributed by atoms with Gasteiger partial charge in [0.1, 0.15) is 5.82 Å². The number of piperazine rings is 1. The molecule has 1 aliphatic rings. The molecule has 1 aliphatic heterocycles. The maximum absolute atomic E-state index is 12.2. The van der Waals surface area contributed by atoms with Gasteiger partial charge in [-0.1, -0.05) is 26.0 Å². The smallest absolute Gasteiger partial charge is 0.260 e. The Hall–Kier alpha value is -2.41. The van der Waals surface area contributed by atoms with E-state index in [9.17, 15) is 4.79 Å². The van der Waals surface area contributed by atoms with Crippen LogP contribution in [0.4, 0.5) is 11.8 Å². The Labute approximate surface area is 161 Å². The number of pyridine rings is 1. The highest BCUT2D eigenvalue weighted by atomic mass is 79.9. The summed E-state index contributed by atoms with van der Waals surface area (Å²) in [6.45, 7) is 7.26. The van der Waals surface area contributed by atoms with Crippen LogP contribution in [0.5, 0.6) is 0 Å². The first-order chi connectivity index (χ1) is 12.7. The lowest BCUT2D eigenvalue weighted by atomic mass is 10.2. The van der Waals surface area contributed by atoms with Gasteiger partial charge in [-0.2, -0.15) is 0 Å². The van der Waals surface area contributed by atoms with Crippen LogP contribution in [0, 0.1) is 0 Å². The van der Waals surface area contributed by atoms with Crippen LogP contribution < -0.4 is 15.4 Å². The predicted molar refractivity (Wildman–Crippen MR) is 110 cm³/mol. The number of aromatic amines is 1. The van der Waals surface area contributed by atoms with Crippen molar-refractivity contribution in [3.63, 3.8) is 0 Å². The quantitative estimate of drug-likeness (QED) is 0.694. The molecule has 0 aliphatic carbocycles. The first-order valence-electron chi connectivity index (χ1n) is 8.81. The molecule has 6 nitrogen and oxygen atoms in total. The molecular weight excluding hydrogens is 394 g/mol. The van der Waals surface area contributed by atoms with E-state index >= 15 is 0 Å². The average molecular weight is 416 g/mol. The Morgan fingerprint density at radius 1 is 1.00 bits per heavy atom. The van der Waals surface area contributed by atoms with Gasteiger partial charge in [-0.3, -0.25) is 9.78 Å². The van der Waals surface area contributed by atoms with E-state index in [4.69, 9.17) is 0 Å². The highest BCUT2D eigenvalue weighted by molar-refractivity contribution is 9.10. The molecule has 1 saturated heterocycles. The number of H-pyrrole nitrogens is 1. The Kier molecular flexibility index (Phi) is 5.88. The largest absolute Gasteiger partial charge is 0.353 e. The van der Waals surface area contributed by atoms with Crippen LogP contribution in [-0.4, -0.2) is 41.1 Å². The molecule has 0 atom stereocenters. The maximum atomic E-state index is 12.2. The molecule has 1 aromatic carbocycles. The summed E-state index contributed by atoms with van der Waals surface area (Å²) >= 11 is 3.40. The van der Waals surface area contributed by atoms with Gasteiger partial charge in [-0.15, -0.1) is 0 Å². The molecule has 3 aromatic rings. The van der Waals surface area contributed by atoms with Gasteiger partial charge in [-0.05, 0) is 40.2 Å². The van der Waals surface area contributed by atoms with E-state index in [0.717, 1.165) is 42.0 Å². The molecule has 0 saturated carbocycles. The second-order valence-electron chi connectivity index (χ2n) is 5.72. The third-order valence-electron chi connectivity index (χ3n) is 4.22. The molecule has 1 N–H and O–H groups in total. The molecule has 136 valence electrons. The standard InChI is InChI=1S/C17H16BrN5O.C2H6/c18-12-5-6-15(19-11-12)22-7-9-23(10-8-22)17-20-14-4-2-1-3-13(14)16(24)21-17;1-2/h1-6,11H,7-10H2,(H,20,21,24);1-2H3. The third-order valence-corrected chi connectivity index (χ3v) is 4.68. The van der Waals surface area contributed by atoms with Crippen molar-refractivity contribution >= 4 is 38.6 Å². The van der Waals surface area contributed by atoms with Crippen LogP contribution in [0.3, 0.4) is 0 Å². The fourth-order valence-electron chi connectivity index (χ4n) is 2.93. The van der Waals surface area contributed by atoms with Crippen molar-refractivity contribution in [2.45, 2.75) is 13.8 Å². The summed E-state index contributed by atoms with van der Waals surface area (Å²) in [5.74, 6) is 1.61. The Morgan fingerprint density at radius 3 is 2.38 bits per heavy atom. The van der Waals surface area contributed by atoms with Gasteiger partial charge < -0.3 is 9.80 Å². The van der Waals surface area contributed by atoms with Crippen LogP contribution in [0.1, 0.15) is 13.8 Å². The number of nitrogens with zero attached hydrogens (tertiary/aromatic N) is 4. The number of hydrogen-bond donors (Lipinski definition) is 1. The minimum Gasteiger partial charge on any atom is -0.353 e. The van der Waals surface area contributed by atoms with Gasteiger partial charge in [0.15, 0.2) is 0 Å². The Bertz CT molecular complexity index is 917. The highest BCUT2D eigenvalue weighted by Gasteiger charge is 2.20. The molecule has 0 radical (unpaired) electrons. The van der Waals surface area contributed by atoms with Crippen LogP contribution in [0.2, 0.25) is 0 Å². The van der Waals surface area contributed by atoms with E-state index in [1.165, 1.54) is 0 Å². The normalized spacial score (nSPS) is 14.1. The first-order valence-corrected chi connectivity index (χ1v) is 9.60. The molecule has 4 rings (SSSR count). The molecular formula is C19H22BrN5O. The first kappa shape index (κ1) is 18.4. The molecule has 3 heterocycles. The van der Waals surface area contributed by atoms with Crippen LogP contribution in [0.25, 0.3) is 10.9 Å². The number of fused-ring (bicyclic) bond motifs is 1. The van der Waals surface area contributed by atoms with Gasteiger partial charge >= 0.3 is 0 Å². The number of rotatable bonds is 2. The van der Waals surface area contributed by atoms with E-state index in [0.29, 0.717) is 11.3 Å². The molecule has 1 fully saturated rings. The summed E-state index contributed by atoms with van der Waals surface area (Å²) in [7, 11) is 0. The van der Waals surface area contributed by atoms with Crippen molar-refractivity contribution in [1.29, 1.82) is 0 Å². The monoisotopic (exact) mass is 415 g/mol. The summed E-state index contributed by atoms with van der Waals surface area (Å²) in [5, 5.41) is 0.624. The lowest BCUT2D eigenvalue weighted by molar-refractivity contribution is 0.635. The van der Waals surface area contributed by atoms with Crippen LogP contribution in [-0.2, 0) is 0 Å². The number of anilines is 2. The molecule has 2 aromatic heterocycles. The molecule has 0 unspecified atom stereocenters. The lowest BCUT2D eigenvalue weighted by Crippen LogP contribution is -2.47. The summed E-state index contributed by atoms with van der Waals surface area (Å²) in [6, 6.07) is 11.4. The predicted octanol–water partition coefficient (Wildman–Crippen LogP) is 3.43. The number of nitrogens with one attached hydrogen (secondary N) is 1. The summed E-state index contributed by atoms with van der Waals surface area (Å²) in [6.07, 6.45) is 1.81. The van der Waals surface area contributed by atoms with Gasteiger partial charge in [-0.25, -0.2) is 9.97 Å². The molecule has 0 bridgehead atoms. The van der Waals surface area contributed by atoms with Gasteiger partial charge in [0.05, 0.1) is 10.9 Å². The van der Waals surface area contributed by atoms with Gasteiger partial charge in [0, 0.05) is 36.8 Å². The van der Waals surface area contributed by atoms with Crippen LogP contribution in [0.15, 0.2) is 51.9 Å². The number of aromatic nitrogens is 3. The van der Waals surface area contributed by atoms with Crippen molar-refractivity contribution in [1.82, 2.24) is 15.0 Å². The maximum Gasteiger partial charge on any atom is 0.260 e. The number of hydrogen-bond acceptors (Lipinski definition) is 5. The van der Waals surface area contributed by atoms with Crippen molar-refractivity contribution in [3.8, 4) is 0 Å². The summed E-state index contributed by atoms with van der Waals surface area (Å²) < 4.78 is 0.975. The zero-order valence-corrected chi connectivity index (χ0v) is 16.5. The van der Waals surface area contributed by atoms with Crippen molar-refractivity contribution in [2.24, 2.45) is 0 Å². The second-order valence-corrected chi connectivity index (χ2v) is 6.63. The van der Waals surface area contributed by atoms with E-state index in [1.807, 2.05) is 50.4 Å². The number of benzene rings is 1. The molecule has 7 heteroatoms. The SMILES string of the molecule is CC.O=c1[nH]c(N2CCN(c3ccc(Br)cn3)CC2)nc2ccccc12. The fraction of sp³-hybridized carbons (Fsp3) is 0.316. The Morgan fingerprint density at radius 2 is 1.69 bits per heavy atom. The minimum absolute atomic E-state index is 0.0902. The summed E-state index contributed by atoms with van der Waals surface area (Å²) in [4.78, 5) is 28.5. The molecule has 0 spiro atoms. The molecule has 0 amide bonds. The van der Waals surface area contributed by atoms with Crippen molar-refractivity contribution < 1.29 is 0 Å². The highest BCUT2D eigenvalue weighted by Crippen LogP contribution is 2.18. The summed E-state index contributed by atoms with van der Waals surface area (Å²) in [5.41, 5.74) is 0.640.